The van der Waals surface area contributed by atoms with Crippen LogP contribution in [0.15, 0.2) is 30.5 Å². The van der Waals surface area contributed by atoms with Gasteiger partial charge < -0.3 is 20.9 Å². The second-order valence-corrected chi connectivity index (χ2v) is 4.91. The van der Waals surface area contributed by atoms with E-state index in [9.17, 15) is 10.2 Å². The van der Waals surface area contributed by atoms with E-state index in [1.54, 1.807) is 20.0 Å². The van der Waals surface area contributed by atoms with E-state index in [-0.39, 0.29) is 12.4 Å². The Balaban J connectivity index is 2.13. The molecule has 0 saturated carbocycles. The number of rotatable bonds is 5. The number of nitrogens with zero attached hydrogens (tertiary/aromatic N) is 1. The van der Waals surface area contributed by atoms with E-state index in [4.69, 9.17) is 5.41 Å². The first kappa shape index (κ1) is 15.0. The summed E-state index contributed by atoms with van der Waals surface area (Å²) >= 11 is 0. The first-order chi connectivity index (χ1) is 10.0. The summed E-state index contributed by atoms with van der Waals surface area (Å²) in [5.74, 6) is 0.0478. The van der Waals surface area contributed by atoms with Gasteiger partial charge in [0.2, 0.25) is 0 Å². The minimum atomic E-state index is -0.224. The zero-order chi connectivity index (χ0) is 15.4. The summed E-state index contributed by atoms with van der Waals surface area (Å²) in [6.07, 6.45) is 1.66. The fourth-order valence-electron chi connectivity index (χ4n) is 2.05. The molecule has 0 aliphatic rings. The SMILES string of the molecule is CC(=N)c1ccc(NCc2cnc(C)c(O)c2CO)cc1. The number of pyridine rings is 1. The Kier molecular flexibility index (Phi) is 4.55. The quantitative estimate of drug-likeness (QED) is 0.636. The topological polar surface area (TPSA) is 89.2 Å². The van der Waals surface area contributed by atoms with Crippen LogP contribution in [0.1, 0.15) is 29.3 Å². The molecule has 0 radical (unpaired) electrons. The third-order valence-electron chi connectivity index (χ3n) is 3.39. The number of aliphatic hydroxyl groups is 1. The molecule has 0 unspecified atom stereocenters. The number of aromatic nitrogens is 1. The van der Waals surface area contributed by atoms with Crippen molar-refractivity contribution in [2.75, 3.05) is 5.32 Å². The number of anilines is 1. The molecular weight excluding hydrogens is 266 g/mol. The number of hydrogen-bond acceptors (Lipinski definition) is 5. The Hall–Kier alpha value is -2.40. The minimum Gasteiger partial charge on any atom is -0.506 e. The number of aryl methyl sites for hydroxylation is 1. The lowest BCUT2D eigenvalue weighted by Crippen LogP contribution is -2.05. The van der Waals surface area contributed by atoms with Crippen molar-refractivity contribution in [2.45, 2.75) is 27.0 Å². The van der Waals surface area contributed by atoms with Gasteiger partial charge in [-0.25, -0.2) is 0 Å². The molecule has 0 saturated heterocycles. The fraction of sp³-hybridized carbons (Fsp3) is 0.250. The molecule has 0 aliphatic carbocycles. The van der Waals surface area contributed by atoms with Crippen molar-refractivity contribution in [1.82, 2.24) is 4.98 Å². The van der Waals surface area contributed by atoms with Crippen LogP contribution in [0.3, 0.4) is 0 Å². The summed E-state index contributed by atoms with van der Waals surface area (Å²) in [5.41, 5.74) is 4.08. The van der Waals surface area contributed by atoms with Crippen LogP contribution in [-0.2, 0) is 13.2 Å². The van der Waals surface area contributed by atoms with Gasteiger partial charge in [0, 0.05) is 29.7 Å². The smallest absolute Gasteiger partial charge is 0.142 e. The molecule has 110 valence electrons. The molecule has 1 aromatic heterocycles. The number of aliphatic hydroxyl groups excluding tert-OH is 1. The molecule has 2 rings (SSSR count). The van der Waals surface area contributed by atoms with Crippen LogP contribution in [0, 0.1) is 12.3 Å². The number of hydrogen-bond donors (Lipinski definition) is 4. The van der Waals surface area contributed by atoms with E-state index >= 15 is 0 Å². The van der Waals surface area contributed by atoms with Crippen LogP contribution in [0.4, 0.5) is 5.69 Å². The molecule has 5 heteroatoms. The molecular formula is C16H19N3O2. The summed E-state index contributed by atoms with van der Waals surface area (Å²) in [4.78, 5) is 4.11. The Labute approximate surface area is 123 Å². The van der Waals surface area contributed by atoms with Gasteiger partial charge in [0.1, 0.15) is 5.75 Å². The lowest BCUT2D eigenvalue weighted by molar-refractivity contribution is 0.273. The number of aromatic hydroxyl groups is 1. The monoisotopic (exact) mass is 285 g/mol. The van der Waals surface area contributed by atoms with Gasteiger partial charge in [-0.15, -0.1) is 0 Å². The third kappa shape index (κ3) is 3.38. The Morgan fingerprint density at radius 3 is 2.52 bits per heavy atom. The highest BCUT2D eigenvalue weighted by molar-refractivity contribution is 5.96. The average molecular weight is 285 g/mol. The normalized spacial score (nSPS) is 10.4. The summed E-state index contributed by atoms with van der Waals surface area (Å²) in [7, 11) is 0. The van der Waals surface area contributed by atoms with Crippen LogP contribution in [0.25, 0.3) is 0 Å². The maximum atomic E-state index is 9.90. The Bertz CT molecular complexity index is 651. The molecule has 2 aromatic rings. The predicted octanol–water partition coefficient (Wildman–Crippen LogP) is 2.59. The van der Waals surface area contributed by atoms with Crippen molar-refractivity contribution >= 4 is 11.4 Å². The zero-order valence-electron chi connectivity index (χ0n) is 12.1. The Morgan fingerprint density at radius 1 is 1.29 bits per heavy atom. The molecule has 0 bridgehead atoms. The molecule has 1 aromatic carbocycles. The standard InChI is InChI=1S/C16H19N3O2/c1-10(17)12-3-5-14(6-4-12)19-8-13-7-18-11(2)16(21)15(13)9-20/h3-7,17,19-21H,8-9H2,1-2H3. The summed E-state index contributed by atoms with van der Waals surface area (Å²) < 4.78 is 0. The maximum absolute atomic E-state index is 9.90. The molecule has 0 amide bonds. The van der Waals surface area contributed by atoms with Crippen LogP contribution in [0.2, 0.25) is 0 Å². The lowest BCUT2D eigenvalue weighted by Gasteiger charge is -2.12. The van der Waals surface area contributed by atoms with Gasteiger partial charge >= 0.3 is 0 Å². The maximum Gasteiger partial charge on any atom is 0.142 e. The van der Waals surface area contributed by atoms with Crippen molar-refractivity contribution < 1.29 is 10.2 Å². The first-order valence-corrected chi connectivity index (χ1v) is 6.69. The van der Waals surface area contributed by atoms with Crippen molar-refractivity contribution in [3.63, 3.8) is 0 Å². The van der Waals surface area contributed by atoms with Gasteiger partial charge in [0.15, 0.2) is 0 Å². The molecule has 0 aliphatic heterocycles. The van der Waals surface area contributed by atoms with Gasteiger partial charge in [-0.3, -0.25) is 4.98 Å². The minimum absolute atomic E-state index is 0.0478. The second kappa shape index (κ2) is 6.37. The van der Waals surface area contributed by atoms with Crippen LogP contribution < -0.4 is 5.32 Å². The Morgan fingerprint density at radius 2 is 1.95 bits per heavy atom. The van der Waals surface area contributed by atoms with Gasteiger partial charge in [0.05, 0.1) is 12.3 Å². The predicted molar refractivity (Wildman–Crippen MR) is 82.8 cm³/mol. The van der Waals surface area contributed by atoms with E-state index in [1.165, 1.54) is 0 Å². The van der Waals surface area contributed by atoms with Crippen molar-refractivity contribution in [1.29, 1.82) is 5.41 Å². The van der Waals surface area contributed by atoms with E-state index in [2.05, 4.69) is 10.3 Å². The third-order valence-corrected chi connectivity index (χ3v) is 3.39. The summed E-state index contributed by atoms with van der Waals surface area (Å²) in [6, 6.07) is 7.55. The van der Waals surface area contributed by atoms with Crippen molar-refractivity contribution in [3.8, 4) is 5.75 Å². The van der Waals surface area contributed by atoms with Crippen LogP contribution >= 0.6 is 0 Å². The second-order valence-electron chi connectivity index (χ2n) is 4.91. The van der Waals surface area contributed by atoms with Gasteiger partial charge in [0.25, 0.3) is 0 Å². The zero-order valence-corrected chi connectivity index (χ0v) is 12.1. The first-order valence-electron chi connectivity index (χ1n) is 6.69. The van der Waals surface area contributed by atoms with Crippen LogP contribution in [-0.4, -0.2) is 20.9 Å². The number of nitrogens with one attached hydrogen (secondary N) is 2. The highest BCUT2D eigenvalue weighted by atomic mass is 16.3. The molecule has 0 spiro atoms. The van der Waals surface area contributed by atoms with Gasteiger partial charge in [-0.05, 0) is 37.1 Å². The molecule has 4 N–H and O–H groups in total. The molecule has 1 heterocycles. The lowest BCUT2D eigenvalue weighted by atomic mass is 10.1. The summed E-state index contributed by atoms with van der Waals surface area (Å²) in [5, 5.41) is 30.0. The van der Waals surface area contributed by atoms with Crippen molar-refractivity contribution in [3.05, 3.63) is 52.8 Å². The van der Waals surface area contributed by atoms with E-state index in [0.717, 1.165) is 16.8 Å². The average Bonchev–Trinajstić information content (AvgIpc) is 2.49. The largest absolute Gasteiger partial charge is 0.506 e. The fourth-order valence-corrected chi connectivity index (χ4v) is 2.05. The van der Waals surface area contributed by atoms with Gasteiger partial charge in [-0.1, -0.05) is 12.1 Å². The molecule has 21 heavy (non-hydrogen) atoms. The van der Waals surface area contributed by atoms with Gasteiger partial charge in [-0.2, -0.15) is 0 Å². The molecule has 0 fully saturated rings. The molecule has 0 atom stereocenters. The van der Waals surface area contributed by atoms with Crippen molar-refractivity contribution in [2.24, 2.45) is 0 Å². The highest BCUT2D eigenvalue weighted by Crippen LogP contribution is 2.24. The number of benzene rings is 1. The van der Waals surface area contributed by atoms with E-state index < -0.39 is 0 Å². The highest BCUT2D eigenvalue weighted by Gasteiger charge is 2.10. The summed E-state index contributed by atoms with van der Waals surface area (Å²) in [6.45, 7) is 3.68. The van der Waals surface area contributed by atoms with Crippen LogP contribution in [0.5, 0.6) is 5.75 Å². The van der Waals surface area contributed by atoms with E-state index in [0.29, 0.717) is 23.5 Å². The molecule has 5 nitrogen and oxygen atoms in total. The van der Waals surface area contributed by atoms with E-state index in [1.807, 2.05) is 24.3 Å².